The average Bonchev–Trinajstić information content (AvgIpc) is 2.97. The minimum absolute atomic E-state index is 0.0348. The zero-order valence-corrected chi connectivity index (χ0v) is 18.2. The number of amides is 1. The predicted molar refractivity (Wildman–Crippen MR) is 119 cm³/mol. The number of aromatic nitrogens is 4. The Bertz CT molecular complexity index is 1040. The molecule has 8 heteroatoms. The van der Waals surface area contributed by atoms with Gasteiger partial charge in [-0.05, 0) is 57.5 Å². The first-order valence-electron chi connectivity index (χ1n) is 10.6. The molecule has 1 amide bonds. The molecule has 0 saturated carbocycles. The summed E-state index contributed by atoms with van der Waals surface area (Å²) in [6.45, 7) is 8.90. The molecule has 0 atom stereocenters. The molecule has 0 radical (unpaired) electrons. The molecule has 0 bridgehead atoms. The minimum Gasteiger partial charge on any atom is -0.380 e. The number of imidazole rings is 1. The third-order valence-corrected chi connectivity index (χ3v) is 5.31. The molecule has 1 saturated heterocycles. The standard InChI is InChI=1S/C23H28N6O2/c1-16(2)29-17(3)25-15-21(29)20-9-10-24-23(27-20)26-19-7-5-18(6-8-19)22(30)28-11-4-13-31-14-12-28/h5-10,15-16H,4,11-14H2,1-3H3,(H,24,26,27). The van der Waals surface area contributed by atoms with Gasteiger partial charge < -0.3 is 19.5 Å². The first-order valence-corrected chi connectivity index (χ1v) is 10.6. The zero-order valence-electron chi connectivity index (χ0n) is 18.2. The lowest BCUT2D eigenvalue weighted by atomic mass is 10.1. The monoisotopic (exact) mass is 420 g/mol. The maximum atomic E-state index is 12.7. The average molecular weight is 421 g/mol. The minimum atomic E-state index is 0.0348. The van der Waals surface area contributed by atoms with Gasteiger partial charge in [0.25, 0.3) is 5.91 Å². The van der Waals surface area contributed by atoms with Crippen molar-refractivity contribution < 1.29 is 9.53 Å². The van der Waals surface area contributed by atoms with Crippen molar-refractivity contribution in [1.29, 1.82) is 0 Å². The molecule has 162 valence electrons. The SMILES string of the molecule is Cc1ncc(-c2ccnc(Nc3ccc(C(=O)N4CCCOCC4)cc3)n2)n1C(C)C. The summed E-state index contributed by atoms with van der Waals surface area (Å²) in [5, 5.41) is 3.23. The molecular formula is C23H28N6O2. The molecule has 4 rings (SSSR count). The van der Waals surface area contributed by atoms with Crippen LogP contribution < -0.4 is 5.32 Å². The van der Waals surface area contributed by atoms with Crippen LogP contribution >= 0.6 is 0 Å². The highest BCUT2D eigenvalue weighted by molar-refractivity contribution is 5.94. The molecule has 31 heavy (non-hydrogen) atoms. The van der Waals surface area contributed by atoms with Gasteiger partial charge in [-0.3, -0.25) is 4.79 Å². The summed E-state index contributed by atoms with van der Waals surface area (Å²) in [5.41, 5.74) is 3.25. The molecule has 8 nitrogen and oxygen atoms in total. The first kappa shape index (κ1) is 21.0. The highest BCUT2D eigenvalue weighted by Crippen LogP contribution is 2.24. The molecule has 1 N–H and O–H groups in total. The number of rotatable bonds is 5. The van der Waals surface area contributed by atoms with Crippen LogP contribution in [0.25, 0.3) is 11.4 Å². The van der Waals surface area contributed by atoms with Crippen LogP contribution in [0.3, 0.4) is 0 Å². The maximum Gasteiger partial charge on any atom is 0.253 e. The lowest BCUT2D eigenvalue weighted by Gasteiger charge is -2.19. The lowest BCUT2D eigenvalue weighted by molar-refractivity contribution is 0.0741. The fourth-order valence-corrected chi connectivity index (χ4v) is 3.81. The third kappa shape index (κ3) is 4.74. The van der Waals surface area contributed by atoms with Crippen LogP contribution in [0.1, 0.15) is 42.5 Å². The van der Waals surface area contributed by atoms with Gasteiger partial charge in [-0.2, -0.15) is 0 Å². The Hall–Kier alpha value is -3.26. The zero-order chi connectivity index (χ0) is 21.8. The molecule has 2 aromatic heterocycles. The van der Waals surface area contributed by atoms with Gasteiger partial charge in [0.1, 0.15) is 5.82 Å². The van der Waals surface area contributed by atoms with E-state index >= 15 is 0 Å². The quantitative estimate of drug-likeness (QED) is 0.675. The summed E-state index contributed by atoms with van der Waals surface area (Å²) in [4.78, 5) is 28.0. The van der Waals surface area contributed by atoms with Crippen molar-refractivity contribution in [3.05, 3.63) is 54.1 Å². The number of ether oxygens (including phenoxy) is 1. The molecule has 1 fully saturated rings. The molecular weight excluding hydrogens is 392 g/mol. The molecule has 0 unspecified atom stereocenters. The summed E-state index contributed by atoms with van der Waals surface area (Å²) in [6, 6.07) is 9.58. The van der Waals surface area contributed by atoms with Crippen LogP contribution in [-0.4, -0.2) is 56.6 Å². The highest BCUT2D eigenvalue weighted by atomic mass is 16.5. The summed E-state index contributed by atoms with van der Waals surface area (Å²) in [6.07, 6.45) is 4.45. The van der Waals surface area contributed by atoms with E-state index in [1.165, 1.54) is 0 Å². The second-order valence-corrected chi connectivity index (χ2v) is 7.88. The van der Waals surface area contributed by atoms with E-state index in [1.807, 2.05) is 48.4 Å². The number of aryl methyl sites for hydroxylation is 1. The van der Waals surface area contributed by atoms with Crippen LogP contribution in [0.2, 0.25) is 0 Å². The van der Waals surface area contributed by atoms with E-state index in [1.54, 1.807) is 6.20 Å². The van der Waals surface area contributed by atoms with E-state index in [9.17, 15) is 4.79 Å². The molecule has 0 aliphatic carbocycles. The third-order valence-electron chi connectivity index (χ3n) is 5.31. The largest absolute Gasteiger partial charge is 0.380 e. The number of anilines is 2. The summed E-state index contributed by atoms with van der Waals surface area (Å²) >= 11 is 0. The van der Waals surface area contributed by atoms with Crippen LogP contribution in [0, 0.1) is 6.92 Å². The smallest absolute Gasteiger partial charge is 0.253 e. The molecule has 0 spiro atoms. The number of benzene rings is 1. The van der Waals surface area contributed by atoms with E-state index in [0.717, 1.165) is 35.9 Å². The normalized spacial score (nSPS) is 14.5. The van der Waals surface area contributed by atoms with Gasteiger partial charge in [-0.15, -0.1) is 0 Å². The van der Waals surface area contributed by atoms with Crippen molar-refractivity contribution in [2.24, 2.45) is 0 Å². The summed E-state index contributed by atoms with van der Waals surface area (Å²) in [5.74, 6) is 1.48. The molecule has 3 aromatic rings. The van der Waals surface area contributed by atoms with Gasteiger partial charge in [0.05, 0.1) is 24.2 Å². The Balaban J connectivity index is 1.49. The number of carbonyl (C=O) groups excluding carboxylic acids is 1. The Morgan fingerprint density at radius 3 is 2.68 bits per heavy atom. The van der Waals surface area contributed by atoms with Gasteiger partial charge in [-0.25, -0.2) is 15.0 Å². The Morgan fingerprint density at radius 2 is 1.90 bits per heavy atom. The number of nitrogens with zero attached hydrogens (tertiary/aromatic N) is 5. The summed E-state index contributed by atoms with van der Waals surface area (Å²) in [7, 11) is 0. The molecule has 1 aromatic carbocycles. The maximum absolute atomic E-state index is 12.7. The highest BCUT2D eigenvalue weighted by Gasteiger charge is 2.17. The van der Waals surface area contributed by atoms with Crippen LogP contribution in [0.5, 0.6) is 0 Å². The van der Waals surface area contributed by atoms with Crippen molar-refractivity contribution >= 4 is 17.5 Å². The van der Waals surface area contributed by atoms with Gasteiger partial charge in [-0.1, -0.05) is 0 Å². The van der Waals surface area contributed by atoms with Crippen LogP contribution in [-0.2, 0) is 4.74 Å². The Kier molecular flexibility index (Phi) is 6.27. The van der Waals surface area contributed by atoms with E-state index in [0.29, 0.717) is 31.3 Å². The van der Waals surface area contributed by atoms with E-state index in [4.69, 9.17) is 4.74 Å². The van der Waals surface area contributed by atoms with Crippen molar-refractivity contribution in [1.82, 2.24) is 24.4 Å². The second kappa shape index (κ2) is 9.26. The number of hydrogen-bond acceptors (Lipinski definition) is 6. The summed E-state index contributed by atoms with van der Waals surface area (Å²) < 4.78 is 7.59. The lowest BCUT2D eigenvalue weighted by Crippen LogP contribution is -2.33. The topological polar surface area (TPSA) is 85.2 Å². The molecule has 1 aliphatic heterocycles. The van der Waals surface area contributed by atoms with Crippen molar-refractivity contribution in [2.45, 2.75) is 33.2 Å². The van der Waals surface area contributed by atoms with E-state index in [2.05, 4.69) is 38.7 Å². The number of carbonyl (C=O) groups is 1. The van der Waals surface area contributed by atoms with Crippen molar-refractivity contribution in [2.75, 3.05) is 31.6 Å². The predicted octanol–water partition coefficient (Wildman–Crippen LogP) is 3.84. The van der Waals surface area contributed by atoms with Gasteiger partial charge in [0, 0.05) is 43.2 Å². The fraction of sp³-hybridized carbons (Fsp3) is 0.391. The second-order valence-electron chi connectivity index (χ2n) is 7.88. The first-order chi connectivity index (χ1) is 15.0. The number of hydrogen-bond donors (Lipinski definition) is 1. The Morgan fingerprint density at radius 1 is 1.10 bits per heavy atom. The van der Waals surface area contributed by atoms with Crippen LogP contribution in [0.15, 0.2) is 42.7 Å². The fourth-order valence-electron chi connectivity index (χ4n) is 3.81. The van der Waals surface area contributed by atoms with Gasteiger partial charge in [0.15, 0.2) is 0 Å². The van der Waals surface area contributed by atoms with Crippen LogP contribution in [0.4, 0.5) is 11.6 Å². The van der Waals surface area contributed by atoms with E-state index < -0.39 is 0 Å². The van der Waals surface area contributed by atoms with Crippen molar-refractivity contribution in [3.63, 3.8) is 0 Å². The Labute approximate surface area is 182 Å². The molecule has 3 heterocycles. The molecule has 1 aliphatic rings. The number of nitrogens with one attached hydrogen (secondary N) is 1. The van der Waals surface area contributed by atoms with Gasteiger partial charge >= 0.3 is 0 Å². The van der Waals surface area contributed by atoms with Gasteiger partial charge in [0.2, 0.25) is 5.95 Å². The van der Waals surface area contributed by atoms with Crippen molar-refractivity contribution in [3.8, 4) is 11.4 Å². The van der Waals surface area contributed by atoms with E-state index in [-0.39, 0.29) is 11.9 Å².